The molecule has 0 bridgehead atoms. The molecule has 0 fully saturated rings. The predicted octanol–water partition coefficient (Wildman–Crippen LogP) is -3.63. The molecule has 0 atom stereocenters. The van der Waals surface area contributed by atoms with Gasteiger partial charge in [0.2, 0.25) is 35.4 Å². The van der Waals surface area contributed by atoms with Crippen molar-refractivity contribution in [1.82, 2.24) is 31.1 Å². The number of carboxylic acid groups (broad SMARTS) is 2. The first-order valence-corrected chi connectivity index (χ1v) is 14.1. The largest absolute Gasteiger partial charge is 0.480 e. The molecule has 19 heteroatoms. The number of carboxylic acids is 2. The van der Waals surface area contributed by atoms with Crippen LogP contribution in [0.4, 0.5) is 0 Å². The van der Waals surface area contributed by atoms with Crippen molar-refractivity contribution in [2.75, 3.05) is 52.4 Å². The zero-order chi connectivity index (χ0) is 35.2. The molecule has 0 aliphatic heterocycles. The van der Waals surface area contributed by atoms with Crippen LogP contribution in [0.3, 0.4) is 0 Å². The molecule has 0 spiro atoms. The molecule has 0 heterocycles. The fourth-order valence-electron chi connectivity index (χ4n) is 3.48. The number of nitrogens with zero attached hydrogens (tertiary/aromatic N) is 2. The fourth-order valence-corrected chi connectivity index (χ4v) is 3.48. The van der Waals surface area contributed by atoms with Crippen LogP contribution in [0.5, 0.6) is 0 Å². The Morgan fingerprint density at radius 1 is 0.478 bits per heavy atom. The van der Waals surface area contributed by atoms with E-state index in [4.69, 9.17) is 10.2 Å². The van der Waals surface area contributed by atoms with Crippen molar-refractivity contribution in [2.24, 2.45) is 0 Å². The third-order valence-corrected chi connectivity index (χ3v) is 5.77. The molecule has 6 amide bonds. The van der Waals surface area contributed by atoms with Gasteiger partial charge >= 0.3 is 11.9 Å². The lowest BCUT2D eigenvalue weighted by Crippen LogP contribution is -2.45. The monoisotopic (exact) mass is 656 g/mol. The van der Waals surface area contributed by atoms with Crippen molar-refractivity contribution >= 4 is 64.7 Å². The normalized spacial score (nSPS) is 10.1. The Morgan fingerprint density at radius 3 is 1.20 bits per heavy atom. The maximum absolute atomic E-state index is 12.5. The van der Waals surface area contributed by atoms with E-state index in [1.54, 1.807) is 6.92 Å². The number of rotatable bonds is 24. The Bertz CT molecular complexity index is 1190. The smallest absolute Gasteiger partial charge is 0.323 e. The van der Waals surface area contributed by atoms with Gasteiger partial charge in [0.1, 0.15) is 26.2 Å². The average Bonchev–Trinajstić information content (AvgIpc) is 2.97. The molecule has 0 rings (SSSR count). The molecule has 0 saturated carbocycles. The predicted molar refractivity (Wildman–Crippen MR) is 155 cm³/mol. The van der Waals surface area contributed by atoms with E-state index in [1.165, 1.54) is 6.92 Å². The highest BCUT2D eigenvalue weighted by atomic mass is 16.4. The van der Waals surface area contributed by atoms with Crippen LogP contribution in [-0.2, 0) is 52.7 Å². The third-order valence-electron chi connectivity index (χ3n) is 5.77. The lowest BCUT2D eigenvalue weighted by molar-refractivity contribution is -0.146. The summed E-state index contributed by atoms with van der Waals surface area (Å²) in [4.78, 5) is 131. The molecule has 0 aromatic rings. The summed E-state index contributed by atoms with van der Waals surface area (Å²) >= 11 is 0. The van der Waals surface area contributed by atoms with Gasteiger partial charge in [0.05, 0.1) is 19.6 Å². The van der Waals surface area contributed by atoms with Crippen molar-refractivity contribution < 1.29 is 63.0 Å². The molecule has 46 heavy (non-hydrogen) atoms. The van der Waals surface area contributed by atoms with Crippen LogP contribution in [0.15, 0.2) is 0 Å². The zero-order valence-corrected chi connectivity index (χ0v) is 25.7. The summed E-state index contributed by atoms with van der Waals surface area (Å²) in [6.45, 7) is -1.33. The summed E-state index contributed by atoms with van der Waals surface area (Å²) in [5.41, 5.74) is 0. The number of Topliss-reactive ketones (excluding diaryl/α,β-unsaturated/α-hetero) is 3. The molecule has 0 saturated heterocycles. The van der Waals surface area contributed by atoms with Crippen molar-refractivity contribution in [3.63, 3.8) is 0 Å². The van der Waals surface area contributed by atoms with Crippen LogP contribution in [0.2, 0.25) is 0 Å². The summed E-state index contributed by atoms with van der Waals surface area (Å²) in [6.07, 6.45) is -1.97. The van der Waals surface area contributed by atoms with Crippen LogP contribution >= 0.6 is 0 Å². The molecular formula is C27H40N6O13. The van der Waals surface area contributed by atoms with Gasteiger partial charge in [0.25, 0.3) is 0 Å². The van der Waals surface area contributed by atoms with E-state index in [-0.39, 0.29) is 31.7 Å². The highest BCUT2D eigenvalue weighted by Gasteiger charge is 2.23. The van der Waals surface area contributed by atoms with Gasteiger partial charge in [-0.2, -0.15) is 0 Å². The minimum absolute atomic E-state index is 0.0797. The minimum atomic E-state index is -1.45. The van der Waals surface area contributed by atoms with Gasteiger partial charge in [-0.05, 0) is 6.92 Å². The van der Waals surface area contributed by atoms with E-state index in [0.717, 1.165) is 0 Å². The molecule has 6 N–H and O–H groups in total. The molecule has 19 nitrogen and oxygen atoms in total. The lowest BCUT2D eigenvalue weighted by Gasteiger charge is -2.20. The van der Waals surface area contributed by atoms with E-state index in [1.807, 2.05) is 0 Å². The summed E-state index contributed by atoms with van der Waals surface area (Å²) in [5, 5.41) is 27.3. The Kier molecular flexibility index (Phi) is 19.8. The van der Waals surface area contributed by atoms with Gasteiger partial charge in [-0.15, -0.1) is 0 Å². The lowest BCUT2D eigenvalue weighted by atomic mass is 10.2. The first-order valence-electron chi connectivity index (χ1n) is 14.1. The maximum Gasteiger partial charge on any atom is 0.323 e. The summed E-state index contributed by atoms with van der Waals surface area (Å²) < 4.78 is 0. The van der Waals surface area contributed by atoms with E-state index >= 15 is 0 Å². The van der Waals surface area contributed by atoms with E-state index < -0.39 is 117 Å². The van der Waals surface area contributed by atoms with Crippen LogP contribution in [0.25, 0.3) is 0 Å². The third kappa shape index (κ3) is 20.6. The second-order valence-electron chi connectivity index (χ2n) is 9.82. The summed E-state index contributed by atoms with van der Waals surface area (Å²) in [5.74, 6) is -8.81. The highest BCUT2D eigenvalue weighted by molar-refractivity contribution is 5.94. The van der Waals surface area contributed by atoms with Gasteiger partial charge in [0, 0.05) is 52.0 Å². The number of hydrogen-bond donors (Lipinski definition) is 6. The molecule has 0 unspecified atom stereocenters. The maximum atomic E-state index is 12.5. The Balaban J connectivity index is 4.81. The number of carbonyl (C=O) groups is 11. The van der Waals surface area contributed by atoms with E-state index in [2.05, 4.69) is 21.3 Å². The minimum Gasteiger partial charge on any atom is -0.480 e. The molecule has 0 aromatic carbocycles. The second-order valence-corrected chi connectivity index (χ2v) is 9.82. The number of amides is 6. The molecule has 0 aromatic heterocycles. The van der Waals surface area contributed by atoms with Crippen molar-refractivity contribution in [3.8, 4) is 0 Å². The first kappa shape index (κ1) is 40.8. The fraction of sp³-hybridized carbons (Fsp3) is 0.593. The van der Waals surface area contributed by atoms with Gasteiger partial charge in [-0.25, -0.2) is 0 Å². The number of ketones is 3. The number of nitrogens with one attached hydrogen (secondary N) is 4. The van der Waals surface area contributed by atoms with Crippen molar-refractivity contribution in [3.05, 3.63) is 0 Å². The zero-order valence-electron chi connectivity index (χ0n) is 25.7. The Hall–Kier alpha value is -5.23. The van der Waals surface area contributed by atoms with Gasteiger partial charge in [0.15, 0.2) is 17.3 Å². The van der Waals surface area contributed by atoms with Gasteiger partial charge in [-0.1, -0.05) is 0 Å². The van der Waals surface area contributed by atoms with E-state index in [9.17, 15) is 52.7 Å². The quantitative estimate of drug-likeness (QED) is 0.0585. The van der Waals surface area contributed by atoms with Crippen LogP contribution in [0.1, 0.15) is 52.4 Å². The first-order chi connectivity index (χ1) is 21.5. The van der Waals surface area contributed by atoms with Crippen molar-refractivity contribution in [1.29, 1.82) is 0 Å². The molecule has 256 valence electrons. The second kappa shape index (κ2) is 22.3. The van der Waals surface area contributed by atoms with E-state index in [0.29, 0.717) is 16.3 Å². The molecule has 0 aliphatic carbocycles. The highest BCUT2D eigenvalue weighted by Crippen LogP contribution is 2.02. The topological polar surface area (TPSA) is 283 Å². The average molecular weight is 657 g/mol. The van der Waals surface area contributed by atoms with Crippen LogP contribution in [0, 0.1) is 0 Å². The summed E-state index contributed by atoms with van der Waals surface area (Å²) in [6, 6.07) is 0. The number of carbonyl (C=O) groups excluding carboxylic acids is 9. The standard InChI is InChI=1S/C27H40N6O13/c1-3-28-21(38)7-4-18(35)11-30-22(39)13-33(16-27(45)46)25(42)9-6-20(37)12-31-23(40)14-32(15-26(43)44)24(41)8-5-19(36)10-29-17(2)34/h3-16H2,1-2H3,(H,28,38)(H,29,34)(H,30,39)(H,31,40)(H,43,44)(H,45,46). The molecule has 0 aliphatic rings. The van der Waals surface area contributed by atoms with Crippen LogP contribution < -0.4 is 21.3 Å². The molecular weight excluding hydrogens is 616 g/mol. The van der Waals surface area contributed by atoms with Gasteiger partial charge < -0.3 is 41.3 Å². The Labute approximate surface area is 263 Å². The van der Waals surface area contributed by atoms with Crippen LogP contribution in [-0.4, -0.2) is 137 Å². The summed E-state index contributed by atoms with van der Waals surface area (Å²) in [7, 11) is 0. The SMILES string of the molecule is CCNC(=O)CCC(=O)CNC(=O)CN(CC(=O)O)C(=O)CCC(=O)CNC(=O)CN(CC(=O)O)C(=O)CCC(=O)CNC(C)=O. The van der Waals surface area contributed by atoms with Crippen molar-refractivity contribution in [2.45, 2.75) is 52.4 Å². The molecule has 0 radical (unpaired) electrons. The van der Waals surface area contributed by atoms with Gasteiger partial charge in [-0.3, -0.25) is 52.7 Å². The number of aliphatic carboxylic acids is 2. The number of hydrogen-bond acceptors (Lipinski definition) is 11. The Morgan fingerprint density at radius 2 is 0.848 bits per heavy atom.